The number of rotatable bonds is 5. The Morgan fingerprint density at radius 3 is 2.06 bits per heavy atom. The number of aliphatic hydroxyl groups excluding tert-OH is 1. The zero-order chi connectivity index (χ0) is 13.0. The zero-order valence-electron chi connectivity index (χ0n) is 10.4. The Bertz CT molecular complexity index is 348. The quantitative estimate of drug-likeness (QED) is 0.833. The predicted molar refractivity (Wildman–Crippen MR) is 63.6 cm³/mol. The van der Waals surface area contributed by atoms with Gasteiger partial charge in [0, 0.05) is 18.2 Å². The molecule has 0 radical (unpaired) electrons. The second-order valence-electron chi connectivity index (χ2n) is 4.62. The molecular formula is C13H19F2NO. The van der Waals surface area contributed by atoms with Crippen LogP contribution in [0.25, 0.3) is 0 Å². The van der Waals surface area contributed by atoms with Crippen molar-refractivity contribution in [3.8, 4) is 0 Å². The first-order valence-corrected chi connectivity index (χ1v) is 5.77. The van der Waals surface area contributed by atoms with Crippen molar-refractivity contribution >= 4 is 0 Å². The van der Waals surface area contributed by atoms with E-state index in [1.54, 1.807) is 0 Å². The second-order valence-corrected chi connectivity index (χ2v) is 4.62. The van der Waals surface area contributed by atoms with Gasteiger partial charge in [-0.05, 0) is 30.5 Å². The fourth-order valence-corrected chi connectivity index (χ4v) is 1.70. The van der Waals surface area contributed by atoms with Crippen molar-refractivity contribution in [2.24, 2.45) is 5.92 Å². The van der Waals surface area contributed by atoms with Gasteiger partial charge >= 0.3 is 0 Å². The van der Waals surface area contributed by atoms with Crippen molar-refractivity contribution in [2.45, 2.75) is 32.9 Å². The zero-order valence-corrected chi connectivity index (χ0v) is 10.4. The van der Waals surface area contributed by atoms with Crippen LogP contribution in [0, 0.1) is 17.6 Å². The molecule has 0 bridgehead atoms. The average Bonchev–Trinajstić information content (AvgIpc) is 2.23. The summed E-state index contributed by atoms with van der Waals surface area (Å²) in [6.07, 6.45) is 0. The van der Waals surface area contributed by atoms with Gasteiger partial charge in [0.1, 0.15) is 11.6 Å². The molecule has 0 amide bonds. The highest BCUT2D eigenvalue weighted by Crippen LogP contribution is 2.17. The largest absolute Gasteiger partial charge is 0.395 e. The smallest absolute Gasteiger partial charge is 0.126 e. The van der Waals surface area contributed by atoms with Gasteiger partial charge in [-0.2, -0.15) is 0 Å². The summed E-state index contributed by atoms with van der Waals surface area (Å²) in [7, 11) is 0. The summed E-state index contributed by atoms with van der Waals surface area (Å²) in [6.45, 7) is 5.78. The molecule has 0 fully saturated rings. The van der Waals surface area contributed by atoms with E-state index >= 15 is 0 Å². The summed E-state index contributed by atoms with van der Waals surface area (Å²) in [5, 5.41) is 12.3. The fraction of sp³-hybridized carbons (Fsp3) is 0.538. The van der Waals surface area contributed by atoms with Gasteiger partial charge in [-0.15, -0.1) is 0 Å². The molecule has 0 aliphatic heterocycles. The van der Waals surface area contributed by atoms with Crippen molar-refractivity contribution in [2.75, 3.05) is 6.61 Å². The number of nitrogens with one attached hydrogen (secondary N) is 1. The number of hydrogen-bond acceptors (Lipinski definition) is 2. The molecule has 0 aliphatic rings. The molecule has 0 saturated carbocycles. The monoisotopic (exact) mass is 243 g/mol. The van der Waals surface area contributed by atoms with Crippen molar-refractivity contribution in [3.63, 3.8) is 0 Å². The number of aliphatic hydroxyl groups is 1. The van der Waals surface area contributed by atoms with E-state index in [1.165, 1.54) is 12.1 Å². The van der Waals surface area contributed by atoms with Crippen LogP contribution < -0.4 is 5.32 Å². The van der Waals surface area contributed by atoms with Crippen molar-refractivity contribution in [1.29, 1.82) is 0 Å². The maximum atomic E-state index is 13.0. The highest BCUT2D eigenvalue weighted by atomic mass is 19.1. The molecule has 2 N–H and O–H groups in total. The van der Waals surface area contributed by atoms with Gasteiger partial charge in [-0.3, -0.25) is 0 Å². The van der Waals surface area contributed by atoms with Gasteiger partial charge in [0.25, 0.3) is 0 Å². The number of hydrogen-bond donors (Lipinski definition) is 2. The highest BCUT2D eigenvalue weighted by molar-refractivity contribution is 5.21. The molecule has 96 valence electrons. The molecule has 2 nitrogen and oxygen atoms in total. The van der Waals surface area contributed by atoms with Crippen LogP contribution in [0.4, 0.5) is 8.78 Å². The lowest BCUT2D eigenvalue weighted by atomic mass is 10.0. The third kappa shape index (κ3) is 4.06. The van der Waals surface area contributed by atoms with Crippen LogP contribution in [0.2, 0.25) is 0 Å². The molecule has 0 spiro atoms. The number of halogens is 2. The van der Waals surface area contributed by atoms with Crippen molar-refractivity contribution in [3.05, 3.63) is 35.4 Å². The molecule has 1 rings (SSSR count). The fourth-order valence-electron chi connectivity index (χ4n) is 1.70. The molecule has 17 heavy (non-hydrogen) atoms. The summed E-state index contributed by atoms with van der Waals surface area (Å²) in [5.41, 5.74) is 0.543. The average molecular weight is 243 g/mol. The van der Waals surface area contributed by atoms with Gasteiger partial charge in [-0.25, -0.2) is 8.78 Å². The van der Waals surface area contributed by atoms with E-state index in [9.17, 15) is 13.9 Å². The first kappa shape index (κ1) is 14.1. The Kier molecular flexibility index (Phi) is 5.02. The first-order chi connectivity index (χ1) is 7.93. The Morgan fingerprint density at radius 1 is 1.12 bits per heavy atom. The van der Waals surface area contributed by atoms with E-state index in [-0.39, 0.29) is 24.6 Å². The first-order valence-electron chi connectivity index (χ1n) is 5.77. The van der Waals surface area contributed by atoms with Crippen LogP contribution in [0.1, 0.15) is 32.4 Å². The van der Waals surface area contributed by atoms with E-state index in [2.05, 4.69) is 5.32 Å². The van der Waals surface area contributed by atoms with E-state index in [0.29, 0.717) is 5.56 Å². The van der Waals surface area contributed by atoms with Crippen LogP contribution in [0.15, 0.2) is 18.2 Å². The minimum absolute atomic E-state index is 0.000194. The third-order valence-electron chi connectivity index (χ3n) is 2.85. The van der Waals surface area contributed by atoms with Crippen LogP contribution in [0.3, 0.4) is 0 Å². The van der Waals surface area contributed by atoms with E-state index in [4.69, 9.17) is 0 Å². The molecular weight excluding hydrogens is 224 g/mol. The third-order valence-corrected chi connectivity index (χ3v) is 2.85. The lowest BCUT2D eigenvalue weighted by Gasteiger charge is -2.25. The molecule has 1 aromatic rings. The van der Waals surface area contributed by atoms with Crippen molar-refractivity contribution in [1.82, 2.24) is 5.32 Å². The summed E-state index contributed by atoms with van der Waals surface area (Å²) in [5.74, 6) is -0.918. The molecule has 2 atom stereocenters. The molecule has 1 aromatic carbocycles. The lowest BCUT2D eigenvalue weighted by Crippen LogP contribution is -2.38. The summed E-state index contributed by atoms with van der Waals surface area (Å²) in [4.78, 5) is 0. The maximum Gasteiger partial charge on any atom is 0.126 e. The minimum Gasteiger partial charge on any atom is -0.395 e. The molecule has 0 saturated heterocycles. The standard InChI is InChI=1S/C13H19F2NO/c1-8(2)13(7-17)16-9(3)10-4-11(14)6-12(15)5-10/h4-6,8-9,13,16-17H,7H2,1-3H3/t9?,13-/m1/s1. The molecule has 0 heterocycles. The predicted octanol–water partition coefficient (Wildman–Crippen LogP) is 2.63. The normalized spacial score (nSPS) is 15.0. The van der Waals surface area contributed by atoms with Gasteiger partial charge in [-0.1, -0.05) is 13.8 Å². The SMILES string of the molecule is CC(N[C@H](CO)C(C)C)c1cc(F)cc(F)c1. The van der Waals surface area contributed by atoms with Crippen LogP contribution in [0.5, 0.6) is 0 Å². The second kappa shape index (κ2) is 6.07. The van der Waals surface area contributed by atoms with Gasteiger partial charge in [0.05, 0.1) is 6.61 Å². The van der Waals surface area contributed by atoms with E-state index in [0.717, 1.165) is 6.07 Å². The van der Waals surface area contributed by atoms with Crippen molar-refractivity contribution < 1.29 is 13.9 Å². The van der Waals surface area contributed by atoms with E-state index in [1.807, 2.05) is 20.8 Å². The molecule has 0 aromatic heterocycles. The number of benzene rings is 1. The maximum absolute atomic E-state index is 13.0. The molecule has 0 aliphatic carbocycles. The Morgan fingerprint density at radius 2 is 1.65 bits per heavy atom. The minimum atomic E-state index is -0.584. The summed E-state index contributed by atoms with van der Waals surface area (Å²) < 4.78 is 26.1. The van der Waals surface area contributed by atoms with E-state index < -0.39 is 11.6 Å². The van der Waals surface area contributed by atoms with Gasteiger partial charge in [0.2, 0.25) is 0 Å². The summed E-state index contributed by atoms with van der Waals surface area (Å²) in [6, 6.07) is 3.16. The highest BCUT2D eigenvalue weighted by Gasteiger charge is 2.16. The van der Waals surface area contributed by atoms with Crippen LogP contribution in [-0.2, 0) is 0 Å². The Hall–Kier alpha value is -1.00. The molecule has 4 heteroatoms. The summed E-state index contributed by atoms with van der Waals surface area (Å²) >= 11 is 0. The van der Waals surface area contributed by atoms with Crippen LogP contribution >= 0.6 is 0 Å². The topological polar surface area (TPSA) is 32.3 Å². The van der Waals surface area contributed by atoms with Crippen LogP contribution in [-0.4, -0.2) is 17.8 Å². The Balaban J connectivity index is 2.78. The van der Waals surface area contributed by atoms with Gasteiger partial charge < -0.3 is 10.4 Å². The van der Waals surface area contributed by atoms with Gasteiger partial charge in [0.15, 0.2) is 0 Å². The lowest BCUT2D eigenvalue weighted by molar-refractivity contribution is 0.201. The Labute approximate surface area is 101 Å². The molecule has 1 unspecified atom stereocenters.